The van der Waals surface area contributed by atoms with Crippen molar-refractivity contribution in [3.8, 4) is 0 Å². The zero-order valence-corrected chi connectivity index (χ0v) is 8.83. The molecule has 0 saturated carbocycles. The van der Waals surface area contributed by atoms with E-state index in [9.17, 15) is 0 Å². The largest absolute Gasteiger partial charge is 0.282 e. The van der Waals surface area contributed by atoms with E-state index in [1.54, 1.807) is 12.4 Å². The Morgan fingerprint density at radius 2 is 2.21 bits per heavy atom. The van der Waals surface area contributed by atoms with Gasteiger partial charge in [-0.2, -0.15) is 0 Å². The van der Waals surface area contributed by atoms with E-state index >= 15 is 0 Å². The highest BCUT2D eigenvalue weighted by Gasteiger charge is 2.07. The van der Waals surface area contributed by atoms with Crippen molar-refractivity contribution in [2.75, 3.05) is 5.88 Å². The molecular weight excluding hydrogens is 223 g/mol. The second kappa shape index (κ2) is 4.11. The molecule has 0 saturated heterocycles. The number of rotatable bonds is 3. The summed E-state index contributed by atoms with van der Waals surface area (Å²) in [5.41, 5.74) is 0.596. The fraction of sp³-hybridized carbons (Fsp3) is 0.375. The Balaban J connectivity index is 2.42. The van der Waals surface area contributed by atoms with Gasteiger partial charge in [0, 0.05) is 24.7 Å². The first-order valence-electron chi connectivity index (χ1n) is 4.23. The van der Waals surface area contributed by atoms with Gasteiger partial charge < -0.3 is 0 Å². The normalized spacial score (nSPS) is 11.0. The third kappa shape index (κ3) is 1.67. The van der Waals surface area contributed by atoms with E-state index in [4.69, 9.17) is 23.2 Å². The van der Waals surface area contributed by atoms with E-state index in [1.165, 1.54) is 0 Å². The fourth-order valence-electron chi connectivity index (χ4n) is 1.24. The van der Waals surface area contributed by atoms with Gasteiger partial charge in [0.1, 0.15) is 5.82 Å². The van der Waals surface area contributed by atoms with Gasteiger partial charge >= 0.3 is 0 Å². The number of nitrogens with zero attached hydrogens (tertiary/aromatic N) is 4. The highest BCUT2D eigenvalue weighted by molar-refractivity contribution is 6.32. The molecule has 0 atom stereocenters. The standard InChI is InChI=1S/C8H8Cl2N4/c9-3-1-2-6-12-13-8-7(10)11-4-5-14(6)8/h4-5H,1-3H2. The minimum atomic E-state index is 0.372. The summed E-state index contributed by atoms with van der Waals surface area (Å²) in [5, 5.41) is 8.34. The van der Waals surface area contributed by atoms with E-state index in [-0.39, 0.29) is 0 Å². The van der Waals surface area contributed by atoms with Gasteiger partial charge in [0.2, 0.25) is 0 Å². The first-order valence-corrected chi connectivity index (χ1v) is 5.14. The third-order valence-corrected chi connectivity index (χ3v) is 2.42. The van der Waals surface area contributed by atoms with Crippen LogP contribution in [-0.4, -0.2) is 25.5 Å². The van der Waals surface area contributed by atoms with Gasteiger partial charge in [-0.25, -0.2) is 4.98 Å². The van der Waals surface area contributed by atoms with E-state index in [0.717, 1.165) is 18.7 Å². The molecular formula is C8H8Cl2N4. The van der Waals surface area contributed by atoms with Gasteiger partial charge in [-0.05, 0) is 6.42 Å². The van der Waals surface area contributed by atoms with Crippen molar-refractivity contribution in [3.05, 3.63) is 23.4 Å². The molecule has 2 rings (SSSR count). The molecule has 2 aromatic rings. The van der Waals surface area contributed by atoms with Crippen molar-refractivity contribution in [1.29, 1.82) is 0 Å². The number of hydrogen-bond donors (Lipinski definition) is 0. The smallest absolute Gasteiger partial charge is 0.198 e. The molecule has 2 heterocycles. The molecule has 0 N–H and O–H groups in total. The fourth-order valence-corrected chi connectivity index (χ4v) is 1.56. The van der Waals surface area contributed by atoms with Crippen LogP contribution in [0.25, 0.3) is 5.65 Å². The van der Waals surface area contributed by atoms with Gasteiger partial charge in [-0.3, -0.25) is 4.40 Å². The summed E-state index contributed by atoms with van der Waals surface area (Å²) >= 11 is 11.4. The summed E-state index contributed by atoms with van der Waals surface area (Å²) in [4.78, 5) is 3.92. The molecule has 0 aliphatic heterocycles. The van der Waals surface area contributed by atoms with Crippen molar-refractivity contribution >= 4 is 28.8 Å². The van der Waals surface area contributed by atoms with Crippen molar-refractivity contribution in [1.82, 2.24) is 19.6 Å². The molecule has 0 aliphatic carbocycles. The lowest BCUT2D eigenvalue weighted by atomic mass is 10.3. The van der Waals surface area contributed by atoms with E-state index in [0.29, 0.717) is 16.7 Å². The van der Waals surface area contributed by atoms with Gasteiger partial charge in [0.05, 0.1) is 0 Å². The Labute approximate surface area is 90.9 Å². The molecule has 0 spiro atoms. The molecule has 4 nitrogen and oxygen atoms in total. The van der Waals surface area contributed by atoms with Crippen LogP contribution in [-0.2, 0) is 6.42 Å². The number of hydrogen-bond acceptors (Lipinski definition) is 3. The van der Waals surface area contributed by atoms with Crippen LogP contribution in [0.2, 0.25) is 5.15 Å². The Bertz CT molecular complexity index is 440. The Hall–Kier alpha value is -0.870. The molecule has 2 aromatic heterocycles. The van der Waals surface area contributed by atoms with Crippen LogP contribution in [0.3, 0.4) is 0 Å². The first kappa shape index (κ1) is 9.68. The zero-order valence-electron chi connectivity index (χ0n) is 7.32. The average molecular weight is 231 g/mol. The van der Waals surface area contributed by atoms with Crippen molar-refractivity contribution in [3.63, 3.8) is 0 Å². The number of halogens is 2. The molecule has 0 unspecified atom stereocenters. The molecule has 0 aliphatic rings. The predicted molar refractivity (Wildman–Crippen MR) is 54.8 cm³/mol. The van der Waals surface area contributed by atoms with Crippen LogP contribution in [0.4, 0.5) is 0 Å². The highest BCUT2D eigenvalue weighted by Crippen LogP contribution is 2.12. The van der Waals surface area contributed by atoms with Gasteiger partial charge in [-0.15, -0.1) is 21.8 Å². The van der Waals surface area contributed by atoms with E-state index < -0.39 is 0 Å². The molecule has 14 heavy (non-hydrogen) atoms. The molecule has 74 valence electrons. The second-order valence-electron chi connectivity index (χ2n) is 2.82. The van der Waals surface area contributed by atoms with Crippen LogP contribution in [0.15, 0.2) is 12.4 Å². The molecule has 0 bridgehead atoms. The van der Waals surface area contributed by atoms with Crippen molar-refractivity contribution < 1.29 is 0 Å². The number of fused-ring (bicyclic) bond motifs is 1. The average Bonchev–Trinajstić information content (AvgIpc) is 2.60. The van der Waals surface area contributed by atoms with E-state index in [2.05, 4.69) is 15.2 Å². The lowest BCUT2D eigenvalue weighted by molar-refractivity contribution is 0.821. The lowest BCUT2D eigenvalue weighted by Crippen LogP contribution is -1.96. The number of aromatic nitrogens is 4. The maximum Gasteiger partial charge on any atom is 0.198 e. The minimum absolute atomic E-state index is 0.372. The van der Waals surface area contributed by atoms with E-state index in [1.807, 2.05) is 4.40 Å². The molecule has 0 amide bonds. The van der Waals surface area contributed by atoms with Gasteiger partial charge in [0.15, 0.2) is 10.8 Å². The van der Waals surface area contributed by atoms with Crippen molar-refractivity contribution in [2.45, 2.75) is 12.8 Å². The predicted octanol–water partition coefficient (Wildman–Crippen LogP) is 1.95. The van der Waals surface area contributed by atoms with Crippen LogP contribution >= 0.6 is 23.2 Å². The second-order valence-corrected chi connectivity index (χ2v) is 3.56. The summed E-state index contributed by atoms with van der Waals surface area (Å²) in [6.07, 6.45) is 5.10. The van der Waals surface area contributed by atoms with Crippen LogP contribution < -0.4 is 0 Å². The maximum atomic E-state index is 5.84. The summed E-state index contributed by atoms with van der Waals surface area (Å²) in [6, 6.07) is 0. The number of alkyl halides is 1. The molecule has 0 fully saturated rings. The monoisotopic (exact) mass is 230 g/mol. The number of aryl methyl sites for hydroxylation is 1. The topological polar surface area (TPSA) is 43.1 Å². The SMILES string of the molecule is ClCCCc1nnc2c(Cl)nccn12. The molecule has 0 radical (unpaired) electrons. The third-order valence-electron chi connectivity index (χ3n) is 1.89. The van der Waals surface area contributed by atoms with Crippen molar-refractivity contribution in [2.24, 2.45) is 0 Å². The summed E-state index contributed by atoms with van der Waals surface area (Å²) in [7, 11) is 0. The van der Waals surface area contributed by atoms with Crippen LogP contribution in [0, 0.1) is 0 Å². The van der Waals surface area contributed by atoms with Gasteiger partial charge in [0.25, 0.3) is 0 Å². The van der Waals surface area contributed by atoms with Gasteiger partial charge in [-0.1, -0.05) is 11.6 Å². The Morgan fingerprint density at radius 3 is 3.00 bits per heavy atom. The van der Waals surface area contributed by atoms with Crippen LogP contribution in [0.5, 0.6) is 0 Å². The quantitative estimate of drug-likeness (QED) is 0.758. The Kier molecular flexibility index (Phi) is 2.84. The lowest BCUT2D eigenvalue weighted by Gasteiger charge is -1.97. The Morgan fingerprint density at radius 1 is 1.36 bits per heavy atom. The maximum absolute atomic E-state index is 5.84. The summed E-state index contributed by atoms with van der Waals surface area (Å²) in [6.45, 7) is 0. The first-order chi connectivity index (χ1) is 6.83. The molecule has 6 heteroatoms. The zero-order chi connectivity index (χ0) is 9.97. The minimum Gasteiger partial charge on any atom is -0.282 e. The molecule has 0 aromatic carbocycles. The summed E-state index contributed by atoms with van der Waals surface area (Å²) in [5.74, 6) is 1.48. The summed E-state index contributed by atoms with van der Waals surface area (Å²) < 4.78 is 1.84. The van der Waals surface area contributed by atoms with Crippen LogP contribution in [0.1, 0.15) is 12.2 Å². The highest BCUT2D eigenvalue weighted by atomic mass is 35.5.